The highest BCUT2D eigenvalue weighted by Gasteiger charge is 2.14. The van der Waals surface area contributed by atoms with Gasteiger partial charge in [0.05, 0.1) is 6.61 Å². The summed E-state index contributed by atoms with van der Waals surface area (Å²) in [6.07, 6.45) is 1.33. The number of ether oxygens (including phenoxy) is 1. The van der Waals surface area contributed by atoms with Crippen molar-refractivity contribution in [1.29, 1.82) is 0 Å². The number of aromatic amines is 1. The zero-order chi connectivity index (χ0) is 13.1. The number of hydrogen-bond acceptors (Lipinski definition) is 6. The fourth-order valence-corrected chi connectivity index (χ4v) is 1.44. The predicted octanol–water partition coefficient (Wildman–Crippen LogP) is -0.219. The molecule has 0 aliphatic rings. The van der Waals surface area contributed by atoms with Crippen LogP contribution >= 0.6 is 0 Å². The number of nitrogens with one attached hydrogen (secondary N) is 2. The molecule has 96 valence electrons. The highest BCUT2D eigenvalue weighted by molar-refractivity contribution is 5.78. The van der Waals surface area contributed by atoms with Crippen LogP contribution < -0.4 is 11.0 Å². The summed E-state index contributed by atoms with van der Waals surface area (Å²) in [6, 6.07) is 1.04. The minimum Gasteiger partial charge on any atom is -0.464 e. The van der Waals surface area contributed by atoms with Gasteiger partial charge in [-0.25, -0.2) is 24.1 Å². The molecule has 1 atom stereocenters. The van der Waals surface area contributed by atoms with Crippen molar-refractivity contribution in [2.45, 2.75) is 19.9 Å². The summed E-state index contributed by atoms with van der Waals surface area (Å²) in [7, 11) is 0. The van der Waals surface area contributed by atoms with Crippen molar-refractivity contribution in [1.82, 2.24) is 19.6 Å². The third kappa shape index (κ3) is 2.31. The van der Waals surface area contributed by atoms with Crippen LogP contribution in [0.1, 0.15) is 13.8 Å². The van der Waals surface area contributed by atoms with E-state index < -0.39 is 6.04 Å². The van der Waals surface area contributed by atoms with Gasteiger partial charge in [0.2, 0.25) is 0 Å². The van der Waals surface area contributed by atoms with Gasteiger partial charge >= 0.3 is 11.7 Å². The maximum atomic E-state index is 11.4. The number of carbonyl (C=O) groups is 1. The Balaban J connectivity index is 2.17. The molecule has 0 radical (unpaired) electrons. The lowest BCUT2D eigenvalue weighted by atomic mass is 10.3. The second-order valence-electron chi connectivity index (χ2n) is 3.65. The van der Waals surface area contributed by atoms with Gasteiger partial charge in [0.25, 0.3) is 0 Å². The molecule has 2 heterocycles. The third-order valence-electron chi connectivity index (χ3n) is 2.31. The summed E-state index contributed by atoms with van der Waals surface area (Å²) in [4.78, 5) is 26.6. The van der Waals surface area contributed by atoms with Crippen molar-refractivity contribution in [2.75, 3.05) is 11.9 Å². The van der Waals surface area contributed by atoms with E-state index in [1.165, 1.54) is 10.7 Å². The maximum absolute atomic E-state index is 11.4. The van der Waals surface area contributed by atoms with Crippen molar-refractivity contribution >= 4 is 17.4 Å². The number of anilines is 1. The van der Waals surface area contributed by atoms with Gasteiger partial charge in [-0.2, -0.15) is 5.10 Å². The molecule has 0 amide bonds. The standard InChI is InChI=1S/C10H13N5O3/c1-3-18-9(16)6(2)12-7-4-8-13-14-10(17)15(8)5-11-7/h4-6,12H,3H2,1-2H3,(H,14,17). The molecule has 2 aromatic rings. The van der Waals surface area contributed by atoms with Gasteiger partial charge < -0.3 is 10.1 Å². The summed E-state index contributed by atoms with van der Waals surface area (Å²) < 4.78 is 6.13. The fourth-order valence-electron chi connectivity index (χ4n) is 1.44. The normalized spacial score (nSPS) is 12.3. The average molecular weight is 251 g/mol. The second-order valence-corrected chi connectivity index (χ2v) is 3.65. The van der Waals surface area contributed by atoms with E-state index in [0.29, 0.717) is 18.1 Å². The van der Waals surface area contributed by atoms with Crippen LogP contribution in [0.5, 0.6) is 0 Å². The minimum atomic E-state index is -0.523. The van der Waals surface area contributed by atoms with E-state index in [9.17, 15) is 9.59 Å². The van der Waals surface area contributed by atoms with E-state index in [2.05, 4.69) is 20.5 Å². The Hall–Kier alpha value is -2.38. The van der Waals surface area contributed by atoms with Crippen LogP contribution in [-0.4, -0.2) is 38.2 Å². The smallest absolute Gasteiger partial charge is 0.348 e. The number of esters is 1. The first kappa shape index (κ1) is 12.1. The summed E-state index contributed by atoms with van der Waals surface area (Å²) in [6.45, 7) is 3.73. The minimum absolute atomic E-state index is 0.325. The molecule has 8 heteroatoms. The number of fused-ring (bicyclic) bond motifs is 1. The number of nitrogens with zero attached hydrogens (tertiary/aromatic N) is 3. The summed E-state index contributed by atoms with van der Waals surface area (Å²) in [5.41, 5.74) is 0.0658. The maximum Gasteiger partial charge on any atom is 0.348 e. The van der Waals surface area contributed by atoms with Crippen LogP contribution in [-0.2, 0) is 9.53 Å². The van der Waals surface area contributed by atoms with Gasteiger partial charge in [0.15, 0.2) is 5.65 Å². The molecule has 2 aromatic heterocycles. The Kier molecular flexibility index (Phi) is 3.26. The van der Waals surface area contributed by atoms with Crippen molar-refractivity contribution in [3.05, 3.63) is 22.9 Å². The number of aromatic nitrogens is 4. The topological polar surface area (TPSA) is 101 Å². The molecule has 18 heavy (non-hydrogen) atoms. The molecule has 0 saturated heterocycles. The van der Waals surface area contributed by atoms with E-state index >= 15 is 0 Å². The van der Waals surface area contributed by atoms with Gasteiger partial charge in [-0.3, -0.25) is 0 Å². The Morgan fingerprint density at radius 2 is 2.44 bits per heavy atom. The zero-order valence-electron chi connectivity index (χ0n) is 10.0. The van der Waals surface area contributed by atoms with E-state index in [1.807, 2.05) is 0 Å². The van der Waals surface area contributed by atoms with Gasteiger partial charge in [0, 0.05) is 6.07 Å². The molecule has 2 N–H and O–H groups in total. The summed E-state index contributed by atoms with van der Waals surface area (Å²) >= 11 is 0. The van der Waals surface area contributed by atoms with Gasteiger partial charge in [0.1, 0.15) is 18.2 Å². The lowest BCUT2D eigenvalue weighted by Crippen LogP contribution is -2.28. The largest absolute Gasteiger partial charge is 0.464 e. The molecule has 0 fully saturated rings. The molecule has 0 aromatic carbocycles. The lowest BCUT2D eigenvalue weighted by molar-refractivity contribution is -0.143. The lowest BCUT2D eigenvalue weighted by Gasteiger charge is -2.12. The quantitative estimate of drug-likeness (QED) is 0.728. The van der Waals surface area contributed by atoms with Crippen molar-refractivity contribution in [2.24, 2.45) is 0 Å². The Morgan fingerprint density at radius 3 is 3.17 bits per heavy atom. The molecule has 8 nitrogen and oxygen atoms in total. The van der Waals surface area contributed by atoms with Crippen molar-refractivity contribution < 1.29 is 9.53 Å². The van der Waals surface area contributed by atoms with Crippen LogP contribution in [0.15, 0.2) is 17.2 Å². The molecule has 2 rings (SSSR count). The predicted molar refractivity (Wildman–Crippen MR) is 63.3 cm³/mol. The molecule has 0 spiro atoms. The highest BCUT2D eigenvalue weighted by Crippen LogP contribution is 2.06. The molecule has 0 bridgehead atoms. The van der Waals surface area contributed by atoms with Crippen LogP contribution in [0.3, 0.4) is 0 Å². The molecule has 0 aliphatic carbocycles. The van der Waals surface area contributed by atoms with Gasteiger partial charge in [-0.1, -0.05) is 0 Å². The van der Waals surface area contributed by atoms with E-state index in [0.717, 1.165) is 0 Å². The number of rotatable bonds is 4. The van der Waals surface area contributed by atoms with Crippen LogP contribution in [0.25, 0.3) is 5.65 Å². The number of hydrogen-bond donors (Lipinski definition) is 2. The first-order valence-electron chi connectivity index (χ1n) is 5.47. The van der Waals surface area contributed by atoms with Gasteiger partial charge in [-0.15, -0.1) is 0 Å². The number of H-pyrrole nitrogens is 1. The van der Waals surface area contributed by atoms with Crippen LogP contribution in [0, 0.1) is 0 Å². The average Bonchev–Trinajstić information content (AvgIpc) is 2.71. The third-order valence-corrected chi connectivity index (χ3v) is 2.31. The second kappa shape index (κ2) is 4.86. The van der Waals surface area contributed by atoms with Crippen molar-refractivity contribution in [3.8, 4) is 0 Å². The summed E-state index contributed by atoms with van der Waals surface area (Å²) in [5, 5.41) is 8.97. The Bertz CT molecular complexity index is 617. The molecule has 1 unspecified atom stereocenters. The SMILES string of the molecule is CCOC(=O)C(C)Nc1cc2n[nH]c(=O)n2cn1. The molecular weight excluding hydrogens is 238 g/mol. The van der Waals surface area contributed by atoms with Crippen LogP contribution in [0.4, 0.5) is 5.82 Å². The highest BCUT2D eigenvalue weighted by atomic mass is 16.5. The van der Waals surface area contributed by atoms with Crippen LogP contribution in [0.2, 0.25) is 0 Å². The Morgan fingerprint density at radius 1 is 1.67 bits per heavy atom. The first-order valence-corrected chi connectivity index (χ1v) is 5.47. The first-order chi connectivity index (χ1) is 8.61. The van der Waals surface area contributed by atoms with E-state index in [1.54, 1.807) is 19.9 Å². The molecular formula is C10H13N5O3. The monoisotopic (exact) mass is 251 g/mol. The van der Waals surface area contributed by atoms with E-state index in [4.69, 9.17) is 4.74 Å². The van der Waals surface area contributed by atoms with Crippen molar-refractivity contribution in [3.63, 3.8) is 0 Å². The zero-order valence-corrected chi connectivity index (χ0v) is 10.0. The number of carbonyl (C=O) groups excluding carboxylic acids is 1. The summed E-state index contributed by atoms with van der Waals surface area (Å²) in [5.74, 6) is 0.0839. The van der Waals surface area contributed by atoms with E-state index in [-0.39, 0.29) is 11.7 Å². The Labute approximate surface area is 102 Å². The molecule has 0 aliphatic heterocycles. The molecule has 0 saturated carbocycles. The fraction of sp³-hybridized carbons (Fsp3) is 0.400. The van der Waals surface area contributed by atoms with Gasteiger partial charge in [-0.05, 0) is 13.8 Å².